The molecule has 1 aromatic carbocycles. The van der Waals surface area contributed by atoms with Crippen LogP contribution in [-0.2, 0) is 20.8 Å². The van der Waals surface area contributed by atoms with E-state index < -0.39 is 0 Å². The third kappa shape index (κ3) is 4.85. The van der Waals surface area contributed by atoms with Crippen molar-refractivity contribution in [3.8, 4) is 0 Å². The van der Waals surface area contributed by atoms with Gasteiger partial charge in [0.15, 0.2) is 0 Å². The topological polar surface area (TPSA) is 127 Å². The number of carbonyl (C=O) groups is 3. The minimum atomic E-state index is -0.319. The Morgan fingerprint density at radius 3 is 2.67 bits per heavy atom. The number of aromatic amines is 1. The predicted molar refractivity (Wildman–Crippen MR) is 117 cm³/mol. The van der Waals surface area contributed by atoms with Gasteiger partial charge in [0.2, 0.25) is 11.8 Å². The summed E-state index contributed by atoms with van der Waals surface area (Å²) >= 11 is 0. The van der Waals surface area contributed by atoms with Crippen molar-refractivity contribution in [1.29, 1.82) is 0 Å². The number of hydrogen-bond donors (Lipinski definition) is 3. The molecule has 33 heavy (non-hydrogen) atoms. The van der Waals surface area contributed by atoms with Crippen molar-refractivity contribution in [2.24, 2.45) is 11.8 Å². The van der Waals surface area contributed by atoms with Crippen LogP contribution in [0.15, 0.2) is 18.2 Å². The Hall–Kier alpha value is -3.01. The van der Waals surface area contributed by atoms with Crippen LogP contribution in [0, 0.1) is 17.7 Å². The van der Waals surface area contributed by atoms with Crippen LogP contribution in [0.2, 0.25) is 0 Å². The standard InChI is InChI=1S/C22H27FN4O3.CH2O2/c23-14-2-3-16-17(11-14)25-19(24-16)5-6-20(29)27-12-13-1-4-18(27)21(13)22(30)26-9-7-15(28)8-10-26;2-1-3/h2-3,11,13,15,18,21,28H,1,4-10,12H2,(H,24,25);1H,(H,2,3)/t13-,18-,21+;/m0./s1. The van der Waals surface area contributed by atoms with Crippen LogP contribution in [0.3, 0.4) is 0 Å². The van der Waals surface area contributed by atoms with Crippen LogP contribution in [0.4, 0.5) is 4.39 Å². The van der Waals surface area contributed by atoms with E-state index in [-0.39, 0.29) is 48.1 Å². The van der Waals surface area contributed by atoms with Crippen molar-refractivity contribution in [3.63, 3.8) is 0 Å². The average Bonchev–Trinajstić information content (AvgIpc) is 3.50. The van der Waals surface area contributed by atoms with Crippen molar-refractivity contribution < 1.29 is 29.0 Å². The largest absolute Gasteiger partial charge is 0.483 e. The average molecular weight is 461 g/mol. The molecule has 2 saturated heterocycles. The first-order valence-electron chi connectivity index (χ1n) is 11.4. The van der Waals surface area contributed by atoms with Crippen LogP contribution in [-0.4, -0.2) is 80.0 Å². The number of aromatic nitrogens is 2. The fraction of sp³-hybridized carbons (Fsp3) is 0.565. The van der Waals surface area contributed by atoms with Gasteiger partial charge in [0, 0.05) is 38.5 Å². The highest BCUT2D eigenvalue weighted by Gasteiger charge is 2.52. The molecule has 9 nitrogen and oxygen atoms in total. The Kier molecular flexibility index (Phi) is 6.92. The first-order valence-corrected chi connectivity index (χ1v) is 11.4. The number of imidazole rings is 1. The first kappa shape index (κ1) is 23.2. The van der Waals surface area contributed by atoms with E-state index in [4.69, 9.17) is 9.90 Å². The van der Waals surface area contributed by atoms with Gasteiger partial charge in [0.05, 0.1) is 23.1 Å². The van der Waals surface area contributed by atoms with E-state index in [0.717, 1.165) is 12.8 Å². The quantitative estimate of drug-likeness (QED) is 0.595. The molecule has 0 spiro atoms. The number of hydrogen-bond acceptors (Lipinski definition) is 5. The number of aliphatic hydroxyl groups is 1. The molecular formula is C23H29FN4O5. The van der Waals surface area contributed by atoms with Gasteiger partial charge < -0.3 is 25.0 Å². The number of H-pyrrole nitrogens is 1. The molecule has 1 aromatic heterocycles. The lowest BCUT2D eigenvalue weighted by Crippen LogP contribution is -2.46. The Morgan fingerprint density at radius 1 is 1.21 bits per heavy atom. The van der Waals surface area contributed by atoms with Gasteiger partial charge in [-0.15, -0.1) is 0 Å². The number of fused-ring (bicyclic) bond motifs is 3. The van der Waals surface area contributed by atoms with Crippen LogP contribution in [0.5, 0.6) is 0 Å². The number of piperidine rings is 2. The molecule has 2 amide bonds. The van der Waals surface area contributed by atoms with Crippen molar-refractivity contribution in [2.75, 3.05) is 19.6 Å². The smallest absolute Gasteiger partial charge is 0.290 e. The van der Waals surface area contributed by atoms with Crippen LogP contribution < -0.4 is 0 Å². The second-order valence-electron chi connectivity index (χ2n) is 8.98. The molecule has 0 unspecified atom stereocenters. The number of benzene rings is 1. The number of nitrogens with one attached hydrogen (secondary N) is 1. The minimum absolute atomic E-state index is 0.00776. The van der Waals surface area contributed by atoms with Crippen molar-refractivity contribution in [3.05, 3.63) is 29.8 Å². The normalized spacial score (nSPS) is 24.6. The number of carbonyl (C=O) groups excluding carboxylic acids is 2. The van der Waals surface area contributed by atoms with E-state index in [1.54, 1.807) is 6.07 Å². The summed E-state index contributed by atoms with van der Waals surface area (Å²) in [7, 11) is 0. The molecule has 3 heterocycles. The van der Waals surface area contributed by atoms with Gasteiger partial charge in [-0.05, 0) is 49.8 Å². The molecule has 3 fully saturated rings. The summed E-state index contributed by atoms with van der Waals surface area (Å²) in [6.45, 7) is 1.62. The summed E-state index contributed by atoms with van der Waals surface area (Å²) < 4.78 is 13.4. The zero-order valence-electron chi connectivity index (χ0n) is 18.3. The maximum absolute atomic E-state index is 13.4. The van der Waals surface area contributed by atoms with E-state index in [1.807, 2.05) is 9.80 Å². The number of rotatable bonds is 4. The molecule has 3 aliphatic rings. The fourth-order valence-electron chi connectivity index (χ4n) is 5.47. The number of aryl methyl sites for hydroxylation is 1. The lowest BCUT2D eigenvalue weighted by Gasteiger charge is -2.33. The highest BCUT2D eigenvalue weighted by Crippen LogP contribution is 2.44. The second-order valence-corrected chi connectivity index (χ2v) is 8.98. The molecule has 1 aliphatic carbocycles. The molecule has 1 saturated carbocycles. The Morgan fingerprint density at radius 2 is 1.94 bits per heavy atom. The van der Waals surface area contributed by atoms with Crippen molar-refractivity contribution in [1.82, 2.24) is 19.8 Å². The highest BCUT2D eigenvalue weighted by atomic mass is 19.1. The first-order chi connectivity index (χ1) is 15.9. The number of carboxylic acid groups (broad SMARTS) is 1. The zero-order chi connectivity index (χ0) is 23.5. The van der Waals surface area contributed by atoms with Crippen LogP contribution in [0.25, 0.3) is 11.0 Å². The van der Waals surface area contributed by atoms with Gasteiger partial charge in [0.1, 0.15) is 11.6 Å². The molecule has 2 bridgehead atoms. The van der Waals surface area contributed by atoms with Crippen molar-refractivity contribution >= 4 is 29.3 Å². The van der Waals surface area contributed by atoms with Gasteiger partial charge >= 0.3 is 0 Å². The van der Waals surface area contributed by atoms with Gasteiger partial charge in [0.25, 0.3) is 6.47 Å². The van der Waals surface area contributed by atoms with Gasteiger partial charge in [-0.25, -0.2) is 9.37 Å². The molecule has 5 rings (SSSR count). The minimum Gasteiger partial charge on any atom is -0.483 e. The van der Waals surface area contributed by atoms with E-state index in [0.29, 0.717) is 62.2 Å². The number of halogens is 1. The number of aliphatic hydroxyl groups excluding tert-OH is 1. The molecule has 2 aromatic rings. The Labute approximate surface area is 190 Å². The Bertz CT molecular complexity index is 1020. The molecule has 2 aliphatic heterocycles. The molecule has 10 heteroatoms. The number of amides is 2. The third-order valence-corrected chi connectivity index (χ3v) is 7.04. The van der Waals surface area contributed by atoms with Gasteiger partial charge in [-0.3, -0.25) is 14.4 Å². The predicted octanol–water partition coefficient (Wildman–Crippen LogP) is 1.56. The van der Waals surface area contributed by atoms with E-state index in [9.17, 15) is 19.1 Å². The maximum Gasteiger partial charge on any atom is 0.290 e. The highest BCUT2D eigenvalue weighted by molar-refractivity contribution is 5.84. The van der Waals surface area contributed by atoms with Crippen LogP contribution in [0.1, 0.15) is 37.9 Å². The van der Waals surface area contributed by atoms with E-state index >= 15 is 0 Å². The number of likely N-dealkylation sites (tertiary alicyclic amines) is 2. The Balaban J connectivity index is 0.000000821. The molecule has 0 radical (unpaired) electrons. The summed E-state index contributed by atoms with van der Waals surface area (Å²) in [5.74, 6) is 0.712. The monoisotopic (exact) mass is 460 g/mol. The fourth-order valence-corrected chi connectivity index (χ4v) is 5.47. The summed E-state index contributed by atoms with van der Waals surface area (Å²) in [5.41, 5.74) is 1.33. The summed E-state index contributed by atoms with van der Waals surface area (Å²) in [6, 6.07) is 4.40. The molecule has 3 N–H and O–H groups in total. The van der Waals surface area contributed by atoms with Crippen molar-refractivity contribution in [2.45, 2.75) is 50.7 Å². The second kappa shape index (κ2) is 9.86. The summed E-state index contributed by atoms with van der Waals surface area (Å²) in [4.78, 5) is 45.7. The number of nitrogens with zero attached hydrogens (tertiary/aromatic N) is 3. The van der Waals surface area contributed by atoms with E-state index in [1.165, 1.54) is 12.1 Å². The lowest BCUT2D eigenvalue weighted by atomic mass is 9.95. The zero-order valence-corrected chi connectivity index (χ0v) is 18.3. The van der Waals surface area contributed by atoms with Gasteiger partial charge in [-0.2, -0.15) is 0 Å². The maximum atomic E-state index is 13.4. The third-order valence-electron chi connectivity index (χ3n) is 7.04. The van der Waals surface area contributed by atoms with Gasteiger partial charge in [-0.1, -0.05) is 0 Å². The lowest BCUT2D eigenvalue weighted by molar-refractivity contribution is -0.139. The summed E-state index contributed by atoms with van der Waals surface area (Å²) in [6.07, 6.45) is 3.63. The van der Waals surface area contributed by atoms with Crippen LogP contribution >= 0.6 is 0 Å². The molecular weight excluding hydrogens is 431 g/mol. The molecule has 3 atom stereocenters. The molecule has 178 valence electrons. The summed E-state index contributed by atoms with van der Waals surface area (Å²) in [5, 5.41) is 16.6. The SMILES string of the molecule is O=C([C@@H]1[C@H]2CC[C@@H]1N(C(=O)CCc1nc3ccc(F)cc3[nH]1)C2)N1CCC(O)CC1.O=CO. The van der Waals surface area contributed by atoms with E-state index in [2.05, 4.69) is 9.97 Å².